The van der Waals surface area contributed by atoms with Gasteiger partial charge in [0.05, 0.1) is 6.54 Å². The van der Waals surface area contributed by atoms with Crippen molar-refractivity contribution in [2.24, 2.45) is 0 Å². The van der Waals surface area contributed by atoms with Gasteiger partial charge >= 0.3 is 6.09 Å². The zero-order chi connectivity index (χ0) is 17.6. The molecule has 130 valence electrons. The smallest absolute Gasteiger partial charge is 0.408 e. The number of fused-ring (bicyclic) bond motifs is 1. The van der Waals surface area contributed by atoms with Crippen molar-refractivity contribution < 1.29 is 14.3 Å². The number of carbonyl (C=O) groups is 2. The van der Waals surface area contributed by atoms with Crippen molar-refractivity contribution in [2.45, 2.75) is 39.2 Å². The van der Waals surface area contributed by atoms with Crippen LogP contribution in [-0.4, -0.2) is 35.7 Å². The lowest BCUT2D eigenvalue weighted by Crippen LogP contribution is -2.40. The van der Waals surface area contributed by atoms with E-state index in [9.17, 15) is 9.59 Å². The predicted octanol–water partition coefficient (Wildman–Crippen LogP) is 2.74. The molecule has 0 spiro atoms. The van der Waals surface area contributed by atoms with Gasteiger partial charge in [0.2, 0.25) is 5.91 Å². The Morgan fingerprint density at radius 1 is 1.17 bits per heavy atom. The third kappa shape index (κ3) is 5.61. The van der Waals surface area contributed by atoms with Crippen molar-refractivity contribution in [3.63, 3.8) is 0 Å². The average Bonchev–Trinajstić information content (AvgIpc) is 2.91. The molecule has 6 heteroatoms. The van der Waals surface area contributed by atoms with Gasteiger partial charge in [-0.1, -0.05) is 18.2 Å². The zero-order valence-corrected chi connectivity index (χ0v) is 14.4. The number of hydrogen-bond donors (Lipinski definition) is 3. The third-order valence-electron chi connectivity index (χ3n) is 3.41. The van der Waals surface area contributed by atoms with Gasteiger partial charge in [-0.15, -0.1) is 0 Å². The molecule has 1 aromatic heterocycles. The number of aromatic nitrogens is 1. The molecule has 0 bridgehead atoms. The van der Waals surface area contributed by atoms with E-state index in [1.54, 1.807) is 20.8 Å². The van der Waals surface area contributed by atoms with Crippen LogP contribution in [0.25, 0.3) is 10.9 Å². The molecule has 0 unspecified atom stereocenters. The highest BCUT2D eigenvalue weighted by molar-refractivity contribution is 5.83. The summed E-state index contributed by atoms with van der Waals surface area (Å²) in [6.07, 6.45) is 3.14. The Morgan fingerprint density at radius 3 is 2.67 bits per heavy atom. The van der Waals surface area contributed by atoms with Crippen LogP contribution in [0.4, 0.5) is 4.79 Å². The minimum absolute atomic E-state index is 0.0814. The maximum Gasteiger partial charge on any atom is 0.408 e. The summed E-state index contributed by atoms with van der Waals surface area (Å²) in [5.41, 5.74) is 1.80. The van der Waals surface area contributed by atoms with Crippen LogP contribution in [0.3, 0.4) is 0 Å². The van der Waals surface area contributed by atoms with Crippen molar-refractivity contribution in [3.05, 3.63) is 36.0 Å². The van der Waals surface area contributed by atoms with E-state index < -0.39 is 11.7 Å². The van der Waals surface area contributed by atoms with E-state index in [1.165, 1.54) is 10.9 Å². The highest BCUT2D eigenvalue weighted by atomic mass is 16.6. The molecule has 3 N–H and O–H groups in total. The van der Waals surface area contributed by atoms with Gasteiger partial charge in [0.1, 0.15) is 5.60 Å². The van der Waals surface area contributed by atoms with Gasteiger partial charge in [0.15, 0.2) is 0 Å². The molecule has 0 atom stereocenters. The molecule has 0 aliphatic rings. The Hall–Kier alpha value is -2.50. The largest absolute Gasteiger partial charge is 0.444 e. The first kappa shape index (κ1) is 17.8. The third-order valence-corrected chi connectivity index (χ3v) is 3.41. The number of H-pyrrole nitrogens is 1. The highest BCUT2D eigenvalue weighted by Crippen LogP contribution is 2.18. The molecule has 2 rings (SSSR count). The van der Waals surface area contributed by atoms with Gasteiger partial charge in [-0.25, -0.2) is 4.79 Å². The topological polar surface area (TPSA) is 83.2 Å². The van der Waals surface area contributed by atoms with Crippen molar-refractivity contribution in [2.75, 3.05) is 13.1 Å². The minimum Gasteiger partial charge on any atom is -0.444 e. The molecular formula is C18H25N3O3. The van der Waals surface area contributed by atoms with Crippen molar-refractivity contribution in [3.8, 4) is 0 Å². The second kappa shape index (κ2) is 7.86. The van der Waals surface area contributed by atoms with Crippen LogP contribution in [0, 0.1) is 0 Å². The Labute approximate surface area is 142 Å². The van der Waals surface area contributed by atoms with Gasteiger partial charge in [0.25, 0.3) is 0 Å². The Morgan fingerprint density at radius 2 is 1.92 bits per heavy atom. The van der Waals surface area contributed by atoms with Gasteiger partial charge in [0, 0.05) is 23.6 Å². The number of amides is 2. The van der Waals surface area contributed by atoms with E-state index >= 15 is 0 Å². The molecule has 0 saturated carbocycles. The highest BCUT2D eigenvalue weighted by Gasteiger charge is 2.16. The standard InChI is InChI=1S/C18H25N3O3/c1-18(2,3)24-17(23)21-12-16(22)19-10-6-7-13-11-20-15-9-5-4-8-14(13)15/h4-5,8-9,11,20H,6-7,10,12H2,1-3H3,(H,19,22)(H,21,23). The second-order valence-corrected chi connectivity index (χ2v) is 6.67. The fraction of sp³-hybridized carbons (Fsp3) is 0.444. The van der Waals surface area contributed by atoms with Crippen LogP contribution in [0.2, 0.25) is 0 Å². The van der Waals surface area contributed by atoms with Gasteiger partial charge in [-0.05, 0) is 45.2 Å². The molecule has 0 aliphatic heterocycles. The Kier molecular flexibility index (Phi) is 5.84. The number of aromatic amines is 1. The van der Waals surface area contributed by atoms with E-state index in [1.807, 2.05) is 24.4 Å². The molecule has 2 amide bonds. The summed E-state index contributed by atoms with van der Waals surface area (Å²) >= 11 is 0. The van der Waals surface area contributed by atoms with Crippen LogP contribution in [0.5, 0.6) is 0 Å². The fourth-order valence-electron chi connectivity index (χ4n) is 2.37. The number of ether oxygens (including phenoxy) is 1. The summed E-state index contributed by atoms with van der Waals surface area (Å²) < 4.78 is 5.07. The predicted molar refractivity (Wildman–Crippen MR) is 93.9 cm³/mol. The maximum absolute atomic E-state index is 11.7. The van der Waals surface area contributed by atoms with Crippen molar-refractivity contribution in [1.29, 1.82) is 0 Å². The van der Waals surface area contributed by atoms with Gasteiger partial charge < -0.3 is 20.4 Å². The number of rotatable bonds is 6. The summed E-state index contributed by atoms with van der Waals surface area (Å²) in [6, 6.07) is 8.15. The molecule has 0 radical (unpaired) electrons. The lowest BCUT2D eigenvalue weighted by atomic mass is 10.1. The second-order valence-electron chi connectivity index (χ2n) is 6.67. The summed E-state index contributed by atoms with van der Waals surface area (Å²) in [6.45, 7) is 5.81. The summed E-state index contributed by atoms with van der Waals surface area (Å²) in [7, 11) is 0. The van der Waals surface area contributed by atoms with Gasteiger partial charge in [-0.3, -0.25) is 4.79 Å². The van der Waals surface area contributed by atoms with Crippen molar-refractivity contribution in [1.82, 2.24) is 15.6 Å². The molecule has 2 aromatic rings. The quantitative estimate of drug-likeness (QED) is 0.712. The summed E-state index contributed by atoms with van der Waals surface area (Å²) in [5, 5.41) is 6.45. The van der Waals surface area contributed by atoms with Crippen LogP contribution < -0.4 is 10.6 Å². The molecule has 0 fully saturated rings. The SMILES string of the molecule is CC(C)(C)OC(=O)NCC(=O)NCCCc1c[nH]c2ccccc12. The molecule has 1 heterocycles. The van der Waals surface area contributed by atoms with Crippen LogP contribution in [-0.2, 0) is 16.0 Å². The molecule has 6 nitrogen and oxygen atoms in total. The molecule has 24 heavy (non-hydrogen) atoms. The molecule has 0 aliphatic carbocycles. The van der Waals surface area contributed by atoms with Crippen LogP contribution in [0.15, 0.2) is 30.5 Å². The van der Waals surface area contributed by atoms with Crippen LogP contribution in [0.1, 0.15) is 32.8 Å². The number of aryl methyl sites for hydroxylation is 1. The number of hydrogen-bond acceptors (Lipinski definition) is 3. The lowest BCUT2D eigenvalue weighted by molar-refractivity contribution is -0.120. The van der Waals surface area contributed by atoms with E-state index in [0.717, 1.165) is 18.4 Å². The van der Waals surface area contributed by atoms with Crippen LogP contribution >= 0.6 is 0 Å². The van der Waals surface area contributed by atoms with E-state index in [2.05, 4.69) is 21.7 Å². The summed E-state index contributed by atoms with van der Waals surface area (Å²) in [5.74, 6) is -0.222. The Balaban J connectivity index is 1.65. The first-order valence-corrected chi connectivity index (χ1v) is 8.14. The van der Waals surface area contributed by atoms with E-state index in [-0.39, 0.29) is 12.5 Å². The fourth-order valence-corrected chi connectivity index (χ4v) is 2.37. The average molecular weight is 331 g/mol. The number of para-hydroxylation sites is 1. The van der Waals surface area contributed by atoms with Gasteiger partial charge in [-0.2, -0.15) is 0 Å². The lowest BCUT2D eigenvalue weighted by Gasteiger charge is -2.19. The maximum atomic E-state index is 11.7. The minimum atomic E-state index is -0.587. The first-order valence-electron chi connectivity index (χ1n) is 8.14. The van der Waals surface area contributed by atoms with E-state index in [4.69, 9.17) is 4.74 Å². The number of alkyl carbamates (subject to hydrolysis) is 1. The molecule has 0 saturated heterocycles. The molecular weight excluding hydrogens is 306 g/mol. The zero-order valence-electron chi connectivity index (χ0n) is 14.4. The normalized spacial score (nSPS) is 11.3. The van der Waals surface area contributed by atoms with Crippen molar-refractivity contribution >= 4 is 22.9 Å². The molecule has 1 aromatic carbocycles. The Bertz CT molecular complexity index is 701. The number of carbonyl (C=O) groups excluding carboxylic acids is 2. The number of benzene rings is 1. The monoisotopic (exact) mass is 331 g/mol. The van der Waals surface area contributed by atoms with E-state index in [0.29, 0.717) is 6.54 Å². The summed E-state index contributed by atoms with van der Waals surface area (Å²) in [4.78, 5) is 26.4. The first-order chi connectivity index (χ1) is 11.3. The number of nitrogens with one attached hydrogen (secondary N) is 3.